The van der Waals surface area contributed by atoms with Crippen LogP contribution in [0.3, 0.4) is 0 Å². The van der Waals surface area contributed by atoms with Gasteiger partial charge in [0.05, 0.1) is 6.61 Å². The molecule has 3 N–H and O–H groups in total. The zero-order valence-electron chi connectivity index (χ0n) is 15.8. The third-order valence-electron chi connectivity index (χ3n) is 2.78. The highest BCUT2D eigenvalue weighted by molar-refractivity contribution is 7.19. The van der Waals surface area contributed by atoms with Crippen molar-refractivity contribution in [2.24, 2.45) is 5.73 Å². The Morgan fingerprint density at radius 2 is 2.00 bits per heavy atom. The lowest BCUT2D eigenvalue weighted by atomic mass is 10.2. The van der Waals surface area contributed by atoms with E-state index in [1.54, 1.807) is 17.4 Å². The maximum atomic E-state index is 11.5. The third-order valence-corrected chi connectivity index (χ3v) is 4.03. The van der Waals surface area contributed by atoms with Gasteiger partial charge in [-0.2, -0.15) is 0 Å². The minimum Gasteiger partial charge on any atom is -0.483 e. The number of amides is 2. The van der Waals surface area contributed by atoms with Gasteiger partial charge in [-0.3, -0.25) is 19.2 Å². The zero-order chi connectivity index (χ0) is 20.7. The van der Waals surface area contributed by atoms with Crippen molar-refractivity contribution >= 4 is 39.5 Å². The lowest BCUT2D eigenvalue weighted by molar-refractivity contribution is -0.134. The van der Waals surface area contributed by atoms with E-state index in [1.807, 2.05) is 26.0 Å². The van der Waals surface area contributed by atoms with Gasteiger partial charge in [0.15, 0.2) is 6.61 Å². The smallest absolute Gasteiger partial charge is 0.281 e. The fraction of sp³-hybridized carbons (Fsp3) is 0.316. The number of benzene rings is 1. The van der Waals surface area contributed by atoms with Gasteiger partial charge in [0.2, 0.25) is 6.29 Å². The van der Waals surface area contributed by atoms with Gasteiger partial charge in [-0.05, 0) is 24.6 Å². The second-order valence-corrected chi connectivity index (χ2v) is 5.84. The van der Waals surface area contributed by atoms with Crippen LogP contribution in [0.4, 0.5) is 0 Å². The minimum absolute atomic E-state index is 0.0556. The van der Waals surface area contributed by atoms with Gasteiger partial charge in [0.25, 0.3) is 11.8 Å². The Kier molecular flexibility index (Phi) is 13.0. The van der Waals surface area contributed by atoms with Crippen LogP contribution in [-0.2, 0) is 25.6 Å². The first kappa shape index (κ1) is 24.3. The first-order valence-electron chi connectivity index (χ1n) is 8.42. The number of hydroxylamine groups is 1. The monoisotopic (exact) mass is 394 g/mol. The molecule has 0 aliphatic carbocycles. The first-order chi connectivity index (χ1) is 13.0. The normalized spacial score (nSPS) is 9.15. The molecule has 0 saturated heterocycles. The number of nitrogens with one attached hydrogen (secondary N) is 1. The molecule has 1 heterocycles. The molecule has 2 amide bonds. The highest BCUT2D eigenvalue weighted by Crippen LogP contribution is 2.32. The number of carbonyl (C=O) groups excluding carboxylic acids is 3. The van der Waals surface area contributed by atoms with Crippen molar-refractivity contribution in [3.05, 3.63) is 41.8 Å². The summed E-state index contributed by atoms with van der Waals surface area (Å²) in [5, 5.41) is 1.05. The zero-order valence-corrected chi connectivity index (χ0v) is 16.6. The predicted molar refractivity (Wildman–Crippen MR) is 108 cm³/mol. The Balaban J connectivity index is 0.000000838. The van der Waals surface area contributed by atoms with Crippen LogP contribution >= 0.6 is 11.3 Å². The van der Waals surface area contributed by atoms with Crippen LogP contribution in [0.15, 0.2) is 36.9 Å². The third kappa shape index (κ3) is 9.53. The van der Waals surface area contributed by atoms with Crippen LogP contribution in [0.1, 0.15) is 25.6 Å². The van der Waals surface area contributed by atoms with E-state index in [0.29, 0.717) is 0 Å². The molecule has 0 saturated carbocycles. The molecule has 0 unspecified atom stereocenters. The topological polar surface area (TPSA) is 108 Å². The van der Waals surface area contributed by atoms with E-state index in [9.17, 15) is 9.59 Å². The molecule has 0 spiro atoms. The fourth-order valence-corrected chi connectivity index (χ4v) is 2.76. The van der Waals surface area contributed by atoms with Crippen LogP contribution in [0.2, 0.25) is 0 Å². The summed E-state index contributed by atoms with van der Waals surface area (Å²) < 4.78 is 6.73. The molecule has 1 aromatic heterocycles. The second-order valence-electron chi connectivity index (χ2n) is 4.67. The number of aldehydes is 1. The predicted octanol–water partition coefficient (Wildman–Crippen LogP) is 2.77. The lowest BCUT2D eigenvalue weighted by Gasteiger charge is -2.07. The number of nitrogens with two attached hydrogens (primary N) is 1. The quantitative estimate of drug-likeness (QED) is 0.235. The Labute approximate surface area is 163 Å². The van der Waals surface area contributed by atoms with Crippen molar-refractivity contribution in [1.82, 2.24) is 5.48 Å². The van der Waals surface area contributed by atoms with Crippen LogP contribution in [0, 0.1) is 0 Å². The number of rotatable bonds is 8. The van der Waals surface area contributed by atoms with Crippen LogP contribution in [0.25, 0.3) is 10.1 Å². The summed E-state index contributed by atoms with van der Waals surface area (Å²) in [5.74, 6) is -0.530. The molecule has 0 bridgehead atoms. The number of carbonyl (C=O) groups is 3. The van der Waals surface area contributed by atoms with E-state index in [4.69, 9.17) is 14.4 Å². The van der Waals surface area contributed by atoms with Crippen molar-refractivity contribution in [2.75, 3.05) is 13.2 Å². The highest BCUT2D eigenvalue weighted by Gasteiger charge is 2.08. The SMILES string of the molecule is C=CCONC(=O)COc1cccc2sc(CC)cc12.CC.NC(=O)C=O. The number of hydrogen-bond acceptors (Lipinski definition) is 6. The number of ether oxygens (including phenoxy) is 1. The van der Waals surface area contributed by atoms with Gasteiger partial charge in [-0.1, -0.05) is 32.9 Å². The molecule has 2 aromatic rings. The van der Waals surface area contributed by atoms with Gasteiger partial charge in [0, 0.05) is 15.0 Å². The van der Waals surface area contributed by atoms with Crippen LogP contribution in [0.5, 0.6) is 5.75 Å². The highest BCUT2D eigenvalue weighted by atomic mass is 32.1. The maximum absolute atomic E-state index is 11.5. The average molecular weight is 394 g/mol. The lowest BCUT2D eigenvalue weighted by Crippen LogP contribution is -2.29. The summed E-state index contributed by atoms with van der Waals surface area (Å²) in [5.41, 5.74) is 6.57. The Bertz CT molecular complexity index is 743. The summed E-state index contributed by atoms with van der Waals surface area (Å²) in [6.07, 6.45) is 2.61. The molecular weight excluding hydrogens is 368 g/mol. The summed E-state index contributed by atoms with van der Waals surface area (Å²) >= 11 is 1.75. The number of fused-ring (bicyclic) bond motifs is 1. The van der Waals surface area contributed by atoms with Gasteiger partial charge in [-0.15, -0.1) is 17.9 Å². The maximum Gasteiger partial charge on any atom is 0.281 e. The van der Waals surface area contributed by atoms with Crippen LogP contribution in [-0.4, -0.2) is 31.3 Å². The second kappa shape index (κ2) is 14.5. The van der Waals surface area contributed by atoms with Gasteiger partial charge in [-0.25, -0.2) is 5.48 Å². The molecule has 0 aliphatic rings. The molecule has 0 fully saturated rings. The van der Waals surface area contributed by atoms with E-state index in [1.165, 1.54) is 9.58 Å². The molecular formula is C19H26N2O5S. The number of hydrogen-bond donors (Lipinski definition) is 2. The standard InChI is InChI=1S/C15H17NO3S.C2H3NO2.C2H6/c1-3-8-19-16-15(17)10-18-13-6-5-7-14-12(13)9-11(4-2)20-14;3-2(5)1-4;1-2/h3,5-7,9H,1,4,8,10H2,2H3,(H,16,17);1H,(H2,3,5);1-2H3. The average Bonchev–Trinajstić information content (AvgIpc) is 3.12. The van der Waals surface area contributed by atoms with E-state index in [2.05, 4.69) is 36.8 Å². The van der Waals surface area contributed by atoms with Crippen LogP contribution < -0.4 is 16.0 Å². The van der Waals surface area contributed by atoms with Gasteiger partial charge in [0.1, 0.15) is 5.75 Å². The van der Waals surface area contributed by atoms with Gasteiger partial charge < -0.3 is 10.5 Å². The van der Waals surface area contributed by atoms with Crippen molar-refractivity contribution in [2.45, 2.75) is 27.2 Å². The largest absolute Gasteiger partial charge is 0.483 e. The van der Waals surface area contributed by atoms with E-state index in [0.717, 1.165) is 17.6 Å². The molecule has 27 heavy (non-hydrogen) atoms. The molecule has 1 aromatic carbocycles. The summed E-state index contributed by atoms with van der Waals surface area (Å²) in [6.45, 7) is 9.80. The van der Waals surface area contributed by atoms with E-state index < -0.39 is 5.91 Å². The Hall–Kier alpha value is -2.71. The molecule has 148 valence electrons. The number of aryl methyl sites for hydroxylation is 1. The molecule has 8 heteroatoms. The minimum atomic E-state index is -0.926. The van der Waals surface area contributed by atoms with Crippen molar-refractivity contribution in [1.29, 1.82) is 0 Å². The van der Waals surface area contributed by atoms with Crippen molar-refractivity contribution in [3.63, 3.8) is 0 Å². The molecule has 2 rings (SSSR count). The Morgan fingerprint density at radius 3 is 2.56 bits per heavy atom. The molecule has 0 radical (unpaired) electrons. The number of thiophene rings is 1. The molecule has 7 nitrogen and oxygen atoms in total. The first-order valence-corrected chi connectivity index (χ1v) is 9.23. The summed E-state index contributed by atoms with van der Waals surface area (Å²) in [6, 6.07) is 7.97. The summed E-state index contributed by atoms with van der Waals surface area (Å²) in [7, 11) is 0. The number of primary amides is 1. The molecule has 0 aliphatic heterocycles. The molecule has 0 atom stereocenters. The van der Waals surface area contributed by atoms with Crippen molar-refractivity contribution in [3.8, 4) is 5.75 Å². The fourth-order valence-electron chi connectivity index (χ4n) is 1.74. The van der Waals surface area contributed by atoms with Crippen molar-refractivity contribution < 1.29 is 24.0 Å². The van der Waals surface area contributed by atoms with E-state index >= 15 is 0 Å². The van der Waals surface area contributed by atoms with Gasteiger partial charge >= 0.3 is 0 Å². The van der Waals surface area contributed by atoms with E-state index in [-0.39, 0.29) is 25.4 Å². The Morgan fingerprint density at radius 1 is 1.33 bits per heavy atom. The summed E-state index contributed by atoms with van der Waals surface area (Å²) in [4.78, 5) is 35.9.